The summed E-state index contributed by atoms with van der Waals surface area (Å²) in [5, 5.41) is 3.50. The average Bonchev–Trinajstić information content (AvgIpc) is 2.36. The molecule has 0 spiro atoms. The van der Waals surface area contributed by atoms with Crippen molar-refractivity contribution in [2.45, 2.75) is 21.0 Å². The van der Waals surface area contributed by atoms with Crippen LogP contribution in [-0.2, 0) is 6.18 Å². The van der Waals surface area contributed by atoms with Gasteiger partial charge in [0.1, 0.15) is 0 Å². The predicted molar refractivity (Wildman–Crippen MR) is 87.0 cm³/mol. The van der Waals surface area contributed by atoms with Gasteiger partial charge in [-0.1, -0.05) is 0 Å². The van der Waals surface area contributed by atoms with Crippen LogP contribution in [0.25, 0.3) is 0 Å². The third kappa shape index (κ3) is 4.29. The second-order valence-corrected chi connectivity index (χ2v) is 20.8. The summed E-state index contributed by atoms with van der Waals surface area (Å²) in [7, 11) is 0. The van der Waals surface area contributed by atoms with E-state index >= 15 is 0 Å². The number of rotatable bonds is 3. The van der Waals surface area contributed by atoms with E-state index in [4.69, 9.17) is 11.6 Å². The van der Waals surface area contributed by atoms with E-state index < -0.39 is 30.2 Å². The molecule has 1 N–H and O–H groups in total. The minimum absolute atomic E-state index is 0.278. The van der Waals surface area contributed by atoms with Crippen LogP contribution in [0.2, 0.25) is 19.8 Å². The van der Waals surface area contributed by atoms with Crippen LogP contribution in [0.4, 0.5) is 24.7 Å². The summed E-state index contributed by atoms with van der Waals surface area (Å²) in [6, 6.07) is 9.45. The van der Waals surface area contributed by atoms with E-state index in [0.29, 0.717) is 10.7 Å². The first-order chi connectivity index (χ1) is 10.1. The number of nitrogens with one attached hydrogen (secondary N) is 1. The summed E-state index contributed by atoms with van der Waals surface area (Å²) in [6.07, 6.45) is -4.46. The molecule has 0 atom stereocenters. The van der Waals surface area contributed by atoms with Crippen molar-refractivity contribution in [3.05, 3.63) is 47.1 Å². The van der Waals surface area contributed by atoms with E-state index in [-0.39, 0.29) is 5.82 Å². The van der Waals surface area contributed by atoms with E-state index in [1.807, 2.05) is 0 Å². The van der Waals surface area contributed by atoms with Gasteiger partial charge in [-0.3, -0.25) is 0 Å². The number of anilines is 2. The number of alkyl halides is 3. The molecule has 0 bridgehead atoms. The Morgan fingerprint density at radius 3 is 2.32 bits per heavy atom. The number of halogens is 4. The van der Waals surface area contributed by atoms with E-state index in [1.54, 1.807) is 30.3 Å². The summed E-state index contributed by atoms with van der Waals surface area (Å²) < 4.78 is 39.6. The molecule has 0 aliphatic rings. The van der Waals surface area contributed by atoms with Crippen LogP contribution in [0.3, 0.4) is 0 Å². The Labute approximate surface area is 136 Å². The number of aromatic nitrogens is 1. The Morgan fingerprint density at radius 1 is 1.09 bits per heavy atom. The molecule has 0 amide bonds. The van der Waals surface area contributed by atoms with Crippen molar-refractivity contribution in [3.63, 3.8) is 0 Å². The molecule has 2 rings (SSSR count). The second-order valence-electron chi connectivity index (χ2n) is 5.98. The molecule has 0 radical (unpaired) electrons. The maximum atomic E-state index is 12.9. The van der Waals surface area contributed by atoms with Gasteiger partial charge >= 0.3 is 137 Å². The molecule has 1 heterocycles. The number of nitrogens with zero attached hydrogens (tertiary/aromatic N) is 1. The molecular formula is C15H16ClF3N2Sn. The van der Waals surface area contributed by atoms with Gasteiger partial charge in [-0.25, -0.2) is 0 Å². The van der Waals surface area contributed by atoms with Crippen molar-refractivity contribution in [1.82, 2.24) is 4.98 Å². The monoisotopic (exact) mass is 436 g/mol. The van der Waals surface area contributed by atoms with Gasteiger partial charge in [-0.15, -0.1) is 0 Å². The first-order valence-corrected chi connectivity index (χ1v) is 17.1. The van der Waals surface area contributed by atoms with Crippen LogP contribution in [0.1, 0.15) is 5.69 Å². The first kappa shape index (κ1) is 17.4. The number of hydrogen-bond donors (Lipinski definition) is 1. The van der Waals surface area contributed by atoms with Crippen molar-refractivity contribution < 1.29 is 13.2 Å². The SMILES string of the molecule is [CH3][Sn]([CH3])([CH3])[c]1ccc(C(F)(F)F)nc1Nc1cccc(Cl)c1. The van der Waals surface area contributed by atoms with Crippen molar-refractivity contribution in [2.75, 3.05) is 5.32 Å². The molecule has 0 aliphatic heterocycles. The fourth-order valence-electron chi connectivity index (χ4n) is 2.02. The minimum atomic E-state index is -4.46. The topological polar surface area (TPSA) is 24.9 Å². The molecule has 0 fully saturated rings. The van der Waals surface area contributed by atoms with Crippen molar-refractivity contribution in [3.8, 4) is 0 Å². The second kappa shape index (κ2) is 6.28. The zero-order valence-corrected chi connectivity index (χ0v) is 16.0. The van der Waals surface area contributed by atoms with Gasteiger partial charge < -0.3 is 0 Å². The standard InChI is InChI=1S/C12H7ClF3N2.3CH3.Sn/c13-8-3-1-4-9(7-8)17-11-6-2-5-10(18-11)12(14,15)16;;;;/h1-5,7H,(H,17,18);3*1H3;. The fraction of sp³-hybridized carbons (Fsp3) is 0.267. The quantitative estimate of drug-likeness (QED) is 0.683. The van der Waals surface area contributed by atoms with Crippen LogP contribution in [0.15, 0.2) is 36.4 Å². The van der Waals surface area contributed by atoms with Gasteiger partial charge in [0.25, 0.3) is 0 Å². The molecule has 1 aromatic carbocycles. The summed E-state index contributed by atoms with van der Waals surface area (Å²) in [4.78, 5) is 10.2. The zero-order valence-electron chi connectivity index (χ0n) is 12.4. The molecule has 118 valence electrons. The Morgan fingerprint density at radius 2 is 1.77 bits per heavy atom. The molecular weight excluding hydrogens is 419 g/mol. The van der Waals surface area contributed by atoms with E-state index in [1.165, 1.54) is 0 Å². The molecule has 0 saturated carbocycles. The molecule has 0 unspecified atom stereocenters. The fourth-order valence-corrected chi connectivity index (χ4v) is 6.24. The van der Waals surface area contributed by atoms with Crippen molar-refractivity contribution >= 4 is 45.1 Å². The van der Waals surface area contributed by atoms with Crippen molar-refractivity contribution in [1.29, 1.82) is 0 Å². The van der Waals surface area contributed by atoms with Crippen LogP contribution >= 0.6 is 11.6 Å². The molecule has 2 nitrogen and oxygen atoms in total. The van der Waals surface area contributed by atoms with Gasteiger partial charge in [0.15, 0.2) is 0 Å². The normalized spacial score (nSPS) is 12.3. The summed E-state index contributed by atoms with van der Waals surface area (Å²) >= 11 is 3.29. The average molecular weight is 435 g/mol. The number of benzene rings is 1. The molecule has 0 aliphatic carbocycles. The summed E-state index contributed by atoms with van der Waals surface area (Å²) in [5.41, 5.74) is -0.271. The Hall–Kier alpha value is -0.951. The van der Waals surface area contributed by atoms with Gasteiger partial charge in [-0.2, -0.15) is 0 Å². The third-order valence-electron chi connectivity index (χ3n) is 3.08. The van der Waals surface area contributed by atoms with Crippen LogP contribution < -0.4 is 8.90 Å². The first-order valence-electron chi connectivity index (χ1n) is 6.69. The van der Waals surface area contributed by atoms with Crippen molar-refractivity contribution in [2.24, 2.45) is 0 Å². The Bertz CT molecular complexity index is 681. The number of hydrogen-bond acceptors (Lipinski definition) is 2. The summed E-state index contributed by atoms with van der Waals surface area (Å²) in [5.74, 6) is 0.278. The Kier molecular flexibility index (Phi) is 4.96. The third-order valence-corrected chi connectivity index (χ3v) is 9.08. The molecule has 2 aromatic rings. The van der Waals surface area contributed by atoms with E-state index in [9.17, 15) is 13.2 Å². The molecule has 1 aromatic heterocycles. The van der Waals surface area contributed by atoms with Gasteiger partial charge in [0, 0.05) is 0 Å². The van der Waals surface area contributed by atoms with E-state index in [2.05, 4.69) is 25.1 Å². The molecule has 7 heteroatoms. The van der Waals surface area contributed by atoms with Crippen LogP contribution in [-0.4, -0.2) is 23.4 Å². The van der Waals surface area contributed by atoms with Gasteiger partial charge in [-0.05, 0) is 0 Å². The van der Waals surface area contributed by atoms with E-state index in [0.717, 1.165) is 9.65 Å². The number of pyridine rings is 1. The zero-order chi connectivity index (χ0) is 16.5. The molecule has 22 heavy (non-hydrogen) atoms. The maximum absolute atomic E-state index is 12.9. The molecule has 0 saturated heterocycles. The van der Waals surface area contributed by atoms with Crippen LogP contribution in [0.5, 0.6) is 0 Å². The Balaban J connectivity index is 2.50. The summed E-state index contributed by atoms with van der Waals surface area (Å²) in [6.45, 7) is 0. The predicted octanol–water partition coefficient (Wildman–Crippen LogP) is 5.04. The van der Waals surface area contributed by atoms with Gasteiger partial charge in [0.2, 0.25) is 0 Å². The van der Waals surface area contributed by atoms with Crippen LogP contribution in [0, 0.1) is 0 Å². The van der Waals surface area contributed by atoms with Gasteiger partial charge in [0.05, 0.1) is 0 Å².